The number of benzene rings is 1. The first-order valence-electron chi connectivity index (χ1n) is 9.41. The van der Waals surface area contributed by atoms with Crippen molar-refractivity contribution < 1.29 is 9.59 Å². The molecule has 0 N–H and O–H groups in total. The number of fused-ring (bicyclic) bond motifs is 5. The van der Waals surface area contributed by atoms with Crippen molar-refractivity contribution in [3.8, 4) is 0 Å². The summed E-state index contributed by atoms with van der Waals surface area (Å²) in [4.78, 5) is 27.7. The van der Waals surface area contributed by atoms with Crippen molar-refractivity contribution in [3.05, 3.63) is 57.3 Å². The Morgan fingerprint density at radius 2 is 1.61 bits per heavy atom. The summed E-state index contributed by atoms with van der Waals surface area (Å²) in [6, 6.07) is 5.36. The van der Waals surface area contributed by atoms with Gasteiger partial charge in [-0.2, -0.15) is 5.10 Å². The molecule has 1 aromatic carbocycles. The third kappa shape index (κ3) is 2.36. The van der Waals surface area contributed by atoms with Crippen molar-refractivity contribution in [1.29, 1.82) is 0 Å². The van der Waals surface area contributed by atoms with Gasteiger partial charge in [0.25, 0.3) is 0 Å². The SMILES string of the molecule is Cc1nn(Cc2c(Cl)cccc2Cl)c(C)c1N1C(=O)[C@@H]2[C@@H](C1=O)[C@H]1C=C[C@@H]2C1. The summed E-state index contributed by atoms with van der Waals surface area (Å²) < 4.78 is 1.76. The highest BCUT2D eigenvalue weighted by Gasteiger charge is 2.60. The summed E-state index contributed by atoms with van der Waals surface area (Å²) >= 11 is 12.6. The number of aromatic nitrogens is 2. The standard InChI is InChI=1S/C21H19Cl2N3O2/c1-10-19(11(2)25(24-10)9-14-15(22)4-3-5-16(14)23)26-20(27)17-12-6-7-13(8-12)18(17)21(26)28/h3-7,12-13,17-18H,8-9H2,1-2H3/t12-,13+,17-,18-/m0/s1. The lowest BCUT2D eigenvalue weighted by atomic mass is 9.85. The number of allylic oxidation sites excluding steroid dienone is 2. The van der Waals surface area contributed by atoms with Crippen LogP contribution in [-0.4, -0.2) is 21.6 Å². The van der Waals surface area contributed by atoms with E-state index in [1.165, 1.54) is 4.90 Å². The van der Waals surface area contributed by atoms with E-state index in [-0.39, 0.29) is 35.5 Å². The predicted molar refractivity (Wildman–Crippen MR) is 107 cm³/mol. The minimum atomic E-state index is -0.220. The highest BCUT2D eigenvalue weighted by Crippen LogP contribution is 2.53. The summed E-state index contributed by atoms with van der Waals surface area (Å²) in [5.74, 6) is -0.241. The number of imide groups is 1. The molecule has 0 unspecified atom stereocenters. The highest BCUT2D eigenvalue weighted by molar-refractivity contribution is 6.36. The minimum absolute atomic E-state index is 0.0895. The van der Waals surface area contributed by atoms with Gasteiger partial charge >= 0.3 is 0 Å². The van der Waals surface area contributed by atoms with E-state index in [0.29, 0.717) is 28.0 Å². The van der Waals surface area contributed by atoms with Crippen LogP contribution in [0.3, 0.4) is 0 Å². The largest absolute Gasteiger partial charge is 0.274 e. The van der Waals surface area contributed by atoms with Crippen LogP contribution < -0.4 is 4.90 Å². The predicted octanol–water partition coefficient (Wildman–Crippen LogP) is 4.17. The van der Waals surface area contributed by atoms with E-state index in [1.54, 1.807) is 22.9 Å². The molecule has 0 radical (unpaired) electrons. The first-order valence-corrected chi connectivity index (χ1v) is 10.2. The zero-order valence-electron chi connectivity index (χ0n) is 15.5. The normalized spacial score (nSPS) is 27.9. The molecule has 2 aliphatic carbocycles. The van der Waals surface area contributed by atoms with Crippen LogP contribution in [0.1, 0.15) is 23.4 Å². The maximum Gasteiger partial charge on any atom is 0.238 e. The van der Waals surface area contributed by atoms with E-state index >= 15 is 0 Å². The van der Waals surface area contributed by atoms with Gasteiger partial charge < -0.3 is 0 Å². The third-order valence-electron chi connectivity index (χ3n) is 6.41. The second-order valence-corrected chi connectivity index (χ2v) is 8.70. The molecule has 0 spiro atoms. The Balaban J connectivity index is 1.52. The average Bonchev–Trinajstić information content (AvgIpc) is 3.38. The highest BCUT2D eigenvalue weighted by atomic mass is 35.5. The Kier molecular flexibility index (Phi) is 3.97. The van der Waals surface area contributed by atoms with Crippen LogP contribution in [0.5, 0.6) is 0 Å². The van der Waals surface area contributed by atoms with Gasteiger partial charge in [-0.25, -0.2) is 4.90 Å². The molecule has 5 rings (SSSR count). The monoisotopic (exact) mass is 415 g/mol. The Hall–Kier alpha value is -2.11. The van der Waals surface area contributed by atoms with Crippen LogP contribution in [0.15, 0.2) is 30.4 Å². The molecule has 2 aromatic rings. The van der Waals surface area contributed by atoms with Crippen molar-refractivity contribution in [1.82, 2.24) is 9.78 Å². The molecule has 2 fully saturated rings. The summed E-state index contributed by atoms with van der Waals surface area (Å²) in [5.41, 5.74) is 2.78. The number of carbonyl (C=O) groups excluding carboxylic acids is 2. The topological polar surface area (TPSA) is 55.2 Å². The van der Waals surface area contributed by atoms with Gasteiger partial charge in [-0.1, -0.05) is 41.4 Å². The lowest BCUT2D eigenvalue weighted by molar-refractivity contribution is -0.123. The van der Waals surface area contributed by atoms with Gasteiger partial charge in [-0.3, -0.25) is 14.3 Å². The van der Waals surface area contributed by atoms with Crippen LogP contribution in [0.4, 0.5) is 5.69 Å². The number of nitrogens with zero attached hydrogens (tertiary/aromatic N) is 3. The van der Waals surface area contributed by atoms with Crippen LogP contribution in [0.2, 0.25) is 10.0 Å². The van der Waals surface area contributed by atoms with E-state index < -0.39 is 0 Å². The van der Waals surface area contributed by atoms with E-state index in [1.807, 2.05) is 13.8 Å². The number of amides is 2. The molecule has 1 saturated heterocycles. The molecule has 2 heterocycles. The Morgan fingerprint density at radius 3 is 2.18 bits per heavy atom. The lowest BCUT2D eigenvalue weighted by Gasteiger charge is -2.18. The number of rotatable bonds is 3. The smallest absolute Gasteiger partial charge is 0.238 e. The fourth-order valence-corrected chi connectivity index (χ4v) is 5.64. The molecule has 4 atom stereocenters. The van der Waals surface area contributed by atoms with E-state index in [2.05, 4.69) is 17.3 Å². The van der Waals surface area contributed by atoms with Crippen molar-refractivity contribution in [2.24, 2.45) is 23.7 Å². The van der Waals surface area contributed by atoms with Crippen LogP contribution in [-0.2, 0) is 16.1 Å². The van der Waals surface area contributed by atoms with Crippen molar-refractivity contribution in [2.45, 2.75) is 26.8 Å². The molecule has 1 aliphatic heterocycles. The van der Waals surface area contributed by atoms with Crippen molar-refractivity contribution >= 4 is 40.7 Å². The molecule has 144 valence electrons. The van der Waals surface area contributed by atoms with Gasteiger partial charge in [0, 0.05) is 15.6 Å². The molecule has 3 aliphatic rings. The molecule has 2 bridgehead atoms. The molecule has 1 aromatic heterocycles. The first kappa shape index (κ1) is 18.0. The number of hydrogen-bond donors (Lipinski definition) is 0. The van der Waals surface area contributed by atoms with Crippen LogP contribution in [0, 0.1) is 37.5 Å². The van der Waals surface area contributed by atoms with Gasteiger partial charge in [0.05, 0.1) is 35.5 Å². The Labute approximate surface area is 172 Å². The second-order valence-electron chi connectivity index (χ2n) is 7.89. The Bertz CT molecular complexity index is 1010. The lowest BCUT2D eigenvalue weighted by Crippen LogP contribution is -2.33. The van der Waals surface area contributed by atoms with Gasteiger partial charge in [0.1, 0.15) is 0 Å². The van der Waals surface area contributed by atoms with Crippen LogP contribution >= 0.6 is 23.2 Å². The van der Waals surface area contributed by atoms with E-state index in [9.17, 15) is 9.59 Å². The van der Waals surface area contributed by atoms with E-state index in [0.717, 1.165) is 17.7 Å². The second kappa shape index (κ2) is 6.19. The summed E-state index contributed by atoms with van der Waals surface area (Å²) in [6.07, 6.45) is 5.12. The fraction of sp³-hybridized carbons (Fsp3) is 0.381. The Morgan fingerprint density at radius 1 is 1.04 bits per heavy atom. The average molecular weight is 416 g/mol. The number of halogens is 2. The van der Waals surface area contributed by atoms with Crippen molar-refractivity contribution in [2.75, 3.05) is 4.90 Å². The summed E-state index contributed by atoms with van der Waals surface area (Å²) in [5, 5.41) is 5.71. The molecular weight excluding hydrogens is 397 g/mol. The first-order chi connectivity index (χ1) is 13.4. The van der Waals surface area contributed by atoms with Crippen LogP contribution in [0.25, 0.3) is 0 Å². The zero-order valence-corrected chi connectivity index (χ0v) is 17.0. The van der Waals surface area contributed by atoms with Crippen molar-refractivity contribution in [3.63, 3.8) is 0 Å². The maximum atomic E-state index is 13.2. The van der Waals surface area contributed by atoms with Gasteiger partial charge in [-0.05, 0) is 44.2 Å². The van der Waals surface area contributed by atoms with Gasteiger partial charge in [0.15, 0.2) is 0 Å². The number of hydrogen-bond acceptors (Lipinski definition) is 3. The summed E-state index contributed by atoms with van der Waals surface area (Å²) in [6.45, 7) is 4.08. The molecule has 7 heteroatoms. The quantitative estimate of drug-likeness (QED) is 0.558. The molecule has 5 nitrogen and oxygen atoms in total. The fourth-order valence-electron chi connectivity index (χ4n) is 5.12. The van der Waals surface area contributed by atoms with Gasteiger partial charge in [0.2, 0.25) is 11.8 Å². The molecular formula is C21H19Cl2N3O2. The van der Waals surface area contributed by atoms with E-state index in [4.69, 9.17) is 23.2 Å². The third-order valence-corrected chi connectivity index (χ3v) is 7.12. The number of carbonyl (C=O) groups is 2. The molecule has 28 heavy (non-hydrogen) atoms. The number of aryl methyl sites for hydroxylation is 1. The molecule has 1 saturated carbocycles. The zero-order chi connectivity index (χ0) is 19.7. The minimum Gasteiger partial charge on any atom is -0.274 e. The maximum absolute atomic E-state index is 13.2. The number of anilines is 1. The summed E-state index contributed by atoms with van der Waals surface area (Å²) in [7, 11) is 0. The molecule has 2 amide bonds. The van der Waals surface area contributed by atoms with Gasteiger partial charge in [-0.15, -0.1) is 0 Å².